The summed E-state index contributed by atoms with van der Waals surface area (Å²) in [5, 5.41) is 8.22. The average molecular weight is 282 g/mol. The van der Waals surface area contributed by atoms with Crippen LogP contribution in [0, 0.1) is 5.82 Å². The summed E-state index contributed by atoms with van der Waals surface area (Å²) in [7, 11) is -4.25. The molecule has 5 nitrogen and oxygen atoms in total. The summed E-state index contributed by atoms with van der Waals surface area (Å²) in [5.74, 6) is -2.48. The molecule has 94 valence electrons. The number of hydrogen-bond donors (Lipinski definition) is 2. The van der Waals surface area contributed by atoms with Crippen LogP contribution in [-0.4, -0.2) is 25.5 Å². The van der Waals surface area contributed by atoms with Crippen molar-refractivity contribution >= 4 is 27.6 Å². The molecule has 0 aliphatic heterocycles. The van der Waals surface area contributed by atoms with Crippen molar-refractivity contribution in [2.75, 3.05) is 0 Å². The second-order valence-corrected chi connectivity index (χ2v) is 5.32. The number of nitrogens with one attached hydrogen (secondary N) is 1. The van der Waals surface area contributed by atoms with Gasteiger partial charge in [0, 0.05) is 0 Å². The molecule has 8 heteroatoms. The van der Waals surface area contributed by atoms with Crippen molar-refractivity contribution in [1.82, 2.24) is 4.72 Å². The molecule has 0 spiro atoms. The van der Waals surface area contributed by atoms with Crippen molar-refractivity contribution in [3.63, 3.8) is 0 Å². The third-order valence-electron chi connectivity index (χ3n) is 1.91. The third kappa shape index (κ3) is 3.15. The summed E-state index contributed by atoms with van der Waals surface area (Å²) in [5.41, 5.74) is 0. The highest BCUT2D eigenvalue weighted by Crippen LogP contribution is 2.21. The summed E-state index contributed by atoms with van der Waals surface area (Å²) >= 11 is 5.44. The van der Waals surface area contributed by atoms with Gasteiger partial charge in [-0.15, -0.1) is 0 Å². The van der Waals surface area contributed by atoms with Gasteiger partial charge in [-0.3, -0.25) is 4.79 Å². The molecular formula is C9H9ClFNO4S. The van der Waals surface area contributed by atoms with Gasteiger partial charge < -0.3 is 5.11 Å². The molecule has 0 aliphatic rings. The van der Waals surface area contributed by atoms with E-state index in [-0.39, 0.29) is 5.02 Å². The third-order valence-corrected chi connectivity index (χ3v) is 3.76. The Balaban J connectivity index is 3.14. The van der Waals surface area contributed by atoms with Crippen LogP contribution in [0.25, 0.3) is 0 Å². The lowest BCUT2D eigenvalue weighted by molar-refractivity contribution is -0.138. The molecule has 0 saturated carbocycles. The summed E-state index contributed by atoms with van der Waals surface area (Å²) in [6.07, 6.45) is 0. The highest BCUT2D eigenvalue weighted by atomic mass is 35.5. The number of carboxylic acids is 1. The van der Waals surface area contributed by atoms with Gasteiger partial charge in [0.05, 0.1) is 5.02 Å². The van der Waals surface area contributed by atoms with Crippen LogP contribution in [0.15, 0.2) is 23.1 Å². The van der Waals surface area contributed by atoms with E-state index in [4.69, 9.17) is 16.7 Å². The first kappa shape index (κ1) is 13.9. The zero-order valence-corrected chi connectivity index (χ0v) is 10.2. The minimum Gasteiger partial charge on any atom is -0.480 e. The van der Waals surface area contributed by atoms with Gasteiger partial charge in [0.15, 0.2) is 5.82 Å². The summed E-state index contributed by atoms with van der Waals surface area (Å²) in [4.78, 5) is 9.83. The van der Waals surface area contributed by atoms with Gasteiger partial charge in [-0.1, -0.05) is 17.7 Å². The quantitative estimate of drug-likeness (QED) is 0.869. The molecule has 17 heavy (non-hydrogen) atoms. The molecule has 1 rings (SSSR count). The van der Waals surface area contributed by atoms with E-state index in [9.17, 15) is 17.6 Å². The zero-order chi connectivity index (χ0) is 13.2. The average Bonchev–Trinajstić information content (AvgIpc) is 2.21. The second-order valence-electron chi connectivity index (χ2n) is 3.23. The predicted molar refractivity (Wildman–Crippen MR) is 58.8 cm³/mol. The number of rotatable bonds is 4. The number of hydrogen-bond acceptors (Lipinski definition) is 3. The topological polar surface area (TPSA) is 83.5 Å². The normalized spacial score (nSPS) is 13.4. The molecular weight excluding hydrogens is 273 g/mol. The molecule has 2 N–H and O–H groups in total. The maximum absolute atomic E-state index is 13.5. The molecule has 1 atom stereocenters. The fourth-order valence-electron chi connectivity index (χ4n) is 1.04. The number of aliphatic carboxylic acids is 1. The lowest BCUT2D eigenvalue weighted by Crippen LogP contribution is -2.38. The van der Waals surface area contributed by atoms with Gasteiger partial charge in [0.2, 0.25) is 10.0 Å². The molecule has 0 fully saturated rings. The van der Waals surface area contributed by atoms with Crippen molar-refractivity contribution in [1.29, 1.82) is 0 Å². The molecule has 1 aromatic carbocycles. The number of halogens is 2. The SMILES string of the molecule is CC(NS(=O)(=O)c1cccc(Cl)c1F)C(=O)O. The fourth-order valence-corrected chi connectivity index (χ4v) is 2.57. The molecule has 0 heterocycles. The van der Waals surface area contributed by atoms with Crippen LogP contribution in [-0.2, 0) is 14.8 Å². The highest BCUT2D eigenvalue weighted by Gasteiger charge is 2.25. The molecule has 0 radical (unpaired) electrons. The van der Waals surface area contributed by atoms with Gasteiger partial charge in [-0.05, 0) is 19.1 Å². The van der Waals surface area contributed by atoms with Gasteiger partial charge in [-0.25, -0.2) is 12.8 Å². The van der Waals surface area contributed by atoms with E-state index in [0.717, 1.165) is 13.0 Å². The van der Waals surface area contributed by atoms with E-state index in [1.54, 1.807) is 0 Å². The van der Waals surface area contributed by atoms with Crippen LogP contribution in [0.4, 0.5) is 4.39 Å². The van der Waals surface area contributed by atoms with Crippen LogP contribution in [0.3, 0.4) is 0 Å². The Hall–Kier alpha value is -1.18. The van der Waals surface area contributed by atoms with E-state index >= 15 is 0 Å². The van der Waals surface area contributed by atoms with E-state index in [1.807, 2.05) is 4.72 Å². The van der Waals surface area contributed by atoms with E-state index in [0.29, 0.717) is 0 Å². The van der Waals surface area contributed by atoms with Gasteiger partial charge in [0.1, 0.15) is 10.9 Å². The minimum atomic E-state index is -4.25. The van der Waals surface area contributed by atoms with Crippen LogP contribution in [0.5, 0.6) is 0 Å². The Morgan fingerprint density at radius 3 is 2.65 bits per heavy atom. The standard InChI is InChI=1S/C9H9ClFNO4S/c1-5(9(13)14)12-17(15,16)7-4-2-3-6(10)8(7)11/h2-5,12H,1H3,(H,13,14). The maximum Gasteiger partial charge on any atom is 0.321 e. The smallest absolute Gasteiger partial charge is 0.321 e. The summed E-state index contributed by atoms with van der Waals surface area (Å²) in [6.45, 7) is 1.13. The number of benzene rings is 1. The zero-order valence-electron chi connectivity index (χ0n) is 8.65. The molecule has 0 aliphatic carbocycles. The van der Waals surface area contributed by atoms with Gasteiger partial charge >= 0.3 is 5.97 Å². The van der Waals surface area contributed by atoms with Crippen LogP contribution in [0.2, 0.25) is 5.02 Å². The van der Waals surface area contributed by atoms with Crippen molar-refractivity contribution in [2.24, 2.45) is 0 Å². The van der Waals surface area contributed by atoms with E-state index in [2.05, 4.69) is 0 Å². The Labute approximate surface area is 102 Å². The molecule has 0 aromatic heterocycles. The first-order valence-corrected chi connectivity index (χ1v) is 6.31. The van der Waals surface area contributed by atoms with Gasteiger partial charge in [0.25, 0.3) is 0 Å². The van der Waals surface area contributed by atoms with Crippen LogP contribution >= 0.6 is 11.6 Å². The molecule has 0 amide bonds. The van der Waals surface area contributed by atoms with Crippen molar-refractivity contribution < 1.29 is 22.7 Å². The van der Waals surface area contributed by atoms with Crippen LogP contribution in [0.1, 0.15) is 6.92 Å². The maximum atomic E-state index is 13.5. The number of carboxylic acid groups (broad SMARTS) is 1. The summed E-state index contributed by atoms with van der Waals surface area (Å²) < 4.78 is 38.6. The van der Waals surface area contributed by atoms with Gasteiger partial charge in [-0.2, -0.15) is 4.72 Å². The van der Waals surface area contributed by atoms with Crippen molar-refractivity contribution in [3.05, 3.63) is 29.0 Å². The largest absolute Gasteiger partial charge is 0.480 e. The Bertz CT molecular complexity index is 546. The number of carbonyl (C=O) groups is 1. The number of sulfonamides is 1. The fraction of sp³-hybridized carbons (Fsp3) is 0.222. The molecule has 1 aromatic rings. The monoisotopic (exact) mass is 281 g/mol. The van der Waals surface area contributed by atoms with E-state index < -0.39 is 32.7 Å². The second kappa shape index (κ2) is 4.99. The first-order chi connectivity index (χ1) is 7.75. The lowest BCUT2D eigenvalue weighted by atomic mass is 10.3. The summed E-state index contributed by atoms with van der Waals surface area (Å²) in [6, 6.07) is 2.08. The molecule has 1 unspecified atom stereocenters. The lowest BCUT2D eigenvalue weighted by Gasteiger charge is -2.11. The first-order valence-electron chi connectivity index (χ1n) is 4.45. The Kier molecular flexibility index (Phi) is 4.07. The predicted octanol–water partition coefficient (Wildman–Crippen LogP) is 1.23. The minimum absolute atomic E-state index is 0.351. The Morgan fingerprint density at radius 2 is 2.12 bits per heavy atom. The Morgan fingerprint density at radius 1 is 1.53 bits per heavy atom. The van der Waals surface area contributed by atoms with Crippen molar-refractivity contribution in [2.45, 2.75) is 17.9 Å². The van der Waals surface area contributed by atoms with Crippen LogP contribution < -0.4 is 4.72 Å². The highest BCUT2D eigenvalue weighted by molar-refractivity contribution is 7.89. The van der Waals surface area contributed by atoms with Crippen molar-refractivity contribution in [3.8, 4) is 0 Å². The molecule has 0 saturated heterocycles. The molecule has 0 bridgehead atoms. The van der Waals surface area contributed by atoms with E-state index in [1.165, 1.54) is 12.1 Å².